The molecule has 0 aliphatic carbocycles. The van der Waals surface area contributed by atoms with Gasteiger partial charge in [-0.15, -0.1) is 10.2 Å². The molecule has 1 aromatic carbocycles. The largest absolute Gasteiger partial charge is 0.360 e. The normalized spacial score (nSPS) is 11.3. The molecule has 0 atom stereocenters. The number of carbonyl (C=O) groups excluding carboxylic acids is 1. The molecule has 1 N–H and O–H groups in total. The van der Waals surface area contributed by atoms with Crippen LogP contribution in [0.1, 0.15) is 12.7 Å². The Morgan fingerprint density at radius 2 is 2.15 bits per heavy atom. The molecule has 0 aliphatic heterocycles. The molecule has 0 saturated heterocycles. The number of aromatic nitrogens is 5. The number of para-hydroxylation sites is 1. The van der Waals surface area contributed by atoms with Crippen molar-refractivity contribution in [2.75, 3.05) is 11.1 Å². The molecule has 4 aromatic rings. The first-order valence-corrected chi connectivity index (χ1v) is 9.12. The maximum absolute atomic E-state index is 12.0. The van der Waals surface area contributed by atoms with Crippen LogP contribution in [-0.2, 0) is 11.3 Å². The predicted octanol–water partition coefficient (Wildman–Crippen LogP) is 3.03. The van der Waals surface area contributed by atoms with Crippen molar-refractivity contribution in [3.8, 4) is 0 Å². The lowest BCUT2D eigenvalue weighted by Crippen LogP contribution is -2.14. The highest BCUT2D eigenvalue weighted by atomic mass is 32.2. The Hall–Kier alpha value is -2.94. The molecule has 3 aromatic heterocycles. The van der Waals surface area contributed by atoms with Crippen molar-refractivity contribution in [1.29, 1.82) is 0 Å². The molecule has 0 fully saturated rings. The predicted molar refractivity (Wildman–Crippen MR) is 99.1 cm³/mol. The number of carbonyl (C=O) groups is 1. The number of benzene rings is 1. The van der Waals surface area contributed by atoms with Gasteiger partial charge in [-0.25, -0.2) is 4.98 Å². The summed E-state index contributed by atoms with van der Waals surface area (Å²) in [5, 5.41) is 16.4. The van der Waals surface area contributed by atoms with Gasteiger partial charge >= 0.3 is 0 Å². The topological polar surface area (TPSA) is 98.7 Å². The number of aryl methyl sites for hydroxylation is 2. The third kappa shape index (κ3) is 3.01. The molecule has 0 bridgehead atoms. The molecule has 3 heterocycles. The number of fused-ring (bicyclic) bond motifs is 3. The lowest BCUT2D eigenvalue weighted by Gasteiger charge is -2.03. The Morgan fingerprint density at radius 1 is 1.31 bits per heavy atom. The third-order valence-corrected chi connectivity index (χ3v) is 4.74. The Bertz CT molecular complexity index is 1100. The summed E-state index contributed by atoms with van der Waals surface area (Å²) in [6.45, 7) is 4.60. The van der Waals surface area contributed by atoms with Gasteiger partial charge in [0.15, 0.2) is 11.5 Å². The molecule has 4 rings (SSSR count). The fraction of sp³-hybridized carbons (Fsp3) is 0.235. The minimum Gasteiger partial charge on any atom is -0.360 e. The number of thioether (sulfide) groups is 1. The molecule has 0 unspecified atom stereocenters. The van der Waals surface area contributed by atoms with E-state index in [1.54, 1.807) is 13.0 Å². The van der Waals surface area contributed by atoms with E-state index in [-0.39, 0.29) is 11.7 Å². The second kappa shape index (κ2) is 6.75. The quantitative estimate of drug-likeness (QED) is 0.541. The second-order valence-corrected chi connectivity index (χ2v) is 6.63. The number of nitrogens with one attached hydrogen (secondary N) is 1. The standard InChI is InChI=1S/C17H16N6O2S/c1-3-23-12-7-5-4-6-11(12)15-16(23)19-17(21-20-15)26-9-14(24)18-13-8-10(2)25-22-13/h4-8H,3,9H2,1-2H3,(H,18,22,24). The maximum Gasteiger partial charge on any atom is 0.236 e. The smallest absolute Gasteiger partial charge is 0.236 e. The van der Waals surface area contributed by atoms with Crippen LogP contribution in [-0.4, -0.2) is 36.6 Å². The van der Waals surface area contributed by atoms with Crippen molar-refractivity contribution in [3.05, 3.63) is 36.1 Å². The molecule has 132 valence electrons. The monoisotopic (exact) mass is 368 g/mol. The Kier molecular flexibility index (Phi) is 4.29. The summed E-state index contributed by atoms with van der Waals surface area (Å²) in [5.74, 6) is 0.987. The highest BCUT2D eigenvalue weighted by Gasteiger charge is 2.14. The minimum atomic E-state index is -0.206. The first-order valence-electron chi connectivity index (χ1n) is 8.13. The highest BCUT2D eigenvalue weighted by Crippen LogP contribution is 2.26. The van der Waals surface area contributed by atoms with E-state index in [9.17, 15) is 4.79 Å². The van der Waals surface area contributed by atoms with Gasteiger partial charge in [0.1, 0.15) is 11.3 Å². The number of anilines is 1. The fourth-order valence-corrected chi connectivity index (χ4v) is 3.39. The van der Waals surface area contributed by atoms with Gasteiger partial charge in [-0.3, -0.25) is 4.79 Å². The zero-order chi connectivity index (χ0) is 18.1. The van der Waals surface area contributed by atoms with Gasteiger partial charge in [0.25, 0.3) is 0 Å². The van der Waals surface area contributed by atoms with Gasteiger partial charge in [0.05, 0.1) is 11.3 Å². The molecule has 1 amide bonds. The van der Waals surface area contributed by atoms with Crippen LogP contribution >= 0.6 is 11.8 Å². The molecule has 0 saturated carbocycles. The van der Waals surface area contributed by atoms with E-state index < -0.39 is 0 Å². The SMILES string of the molecule is CCn1c2ccccc2c2nnc(SCC(=O)Nc3cc(C)on3)nc21. The van der Waals surface area contributed by atoms with Gasteiger partial charge in [-0.05, 0) is 19.9 Å². The van der Waals surface area contributed by atoms with Crippen LogP contribution in [0.15, 0.2) is 40.0 Å². The van der Waals surface area contributed by atoms with Crippen LogP contribution in [0.2, 0.25) is 0 Å². The van der Waals surface area contributed by atoms with Crippen molar-refractivity contribution in [2.45, 2.75) is 25.5 Å². The zero-order valence-corrected chi connectivity index (χ0v) is 15.1. The summed E-state index contributed by atoms with van der Waals surface area (Å²) in [5.41, 5.74) is 2.63. The van der Waals surface area contributed by atoms with Crippen LogP contribution in [0.3, 0.4) is 0 Å². The number of hydrogen-bond acceptors (Lipinski definition) is 7. The molecule has 0 aliphatic rings. The van der Waals surface area contributed by atoms with Crippen LogP contribution in [0.4, 0.5) is 5.82 Å². The fourth-order valence-electron chi connectivity index (χ4n) is 2.80. The Morgan fingerprint density at radius 3 is 2.92 bits per heavy atom. The van der Waals surface area contributed by atoms with E-state index in [0.29, 0.717) is 16.7 Å². The first-order chi connectivity index (χ1) is 12.7. The summed E-state index contributed by atoms with van der Waals surface area (Å²) >= 11 is 1.23. The summed E-state index contributed by atoms with van der Waals surface area (Å²) in [4.78, 5) is 16.6. The average Bonchev–Trinajstić information content (AvgIpc) is 3.20. The van der Waals surface area contributed by atoms with E-state index in [1.165, 1.54) is 11.8 Å². The van der Waals surface area contributed by atoms with E-state index in [1.807, 2.05) is 24.3 Å². The Balaban J connectivity index is 1.55. The van der Waals surface area contributed by atoms with Crippen molar-refractivity contribution < 1.29 is 9.32 Å². The van der Waals surface area contributed by atoms with Gasteiger partial charge in [-0.1, -0.05) is 35.1 Å². The third-order valence-electron chi connectivity index (χ3n) is 3.90. The zero-order valence-electron chi connectivity index (χ0n) is 14.3. The molecule has 9 heteroatoms. The van der Waals surface area contributed by atoms with E-state index in [2.05, 4.69) is 37.1 Å². The van der Waals surface area contributed by atoms with Crippen LogP contribution < -0.4 is 5.32 Å². The van der Waals surface area contributed by atoms with Gasteiger partial charge < -0.3 is 14.4 Å². The lowest BCUT2D eigenvalue weighted by atomic mass is 10.2. The van der Waals surface area contributed by atoms with Crippen molar-refractivity contribution in [3.63, 3.8) is 0 Å². The van der Waals surface area contributed by atoms with Crippen molar-refractivity contribution in [2.24, 2.45) is 0 Å². The molecule has 0 radical (unpaired) electrons. The number of rotatable bonds is 5. The number of nitrogens with zero attached hydrogens (tertiary/aromatic N) is 5. The summed E-state index contributed by atoms with van der Waals surface area (Å²) in [6.07, 6.45) is 0. The van der Waals surface area contributed by atoms with Gasteiger partial charge in [0.2, 0.25) is 11.1 Å². The minimum absolute atomic E-state index is 0.158. The lowest BCUT2D eigenvalue weighted by molar-refractivity contribution is -0.113. The second-order valence-electron chi connectivity index (χ2n) is 5.69. The van der Waals surface area contributed by atoms with Gasteiger partial charge in [-0.2, -0.15) is 0 Å². The summed E-state index contributed by atoms with van der Waals surface area (Å²) in [7, 11) is 0. The summed E-state index contributed by atoms with van der Waals surface area (Å²) < 4.78 is 7.02. The van der Waals surface area contributed by atoms with Gasteiger partial charge in [0, 0.05) is 18.0 Å². The van der Waals surface area contributed by atoms with Crippen LogP contribution in [0, 0.1) is 6.92 Å². The van der Waals surface area contributed by atoms with Crippen molar-refractivity contribution in [1.82, 2.24) is 24.9 Å². The molecular weight excluding hydrogens is 352 g/mol. The van der Waals surface area contributed by atoms with E-state index in [0.717, 1.165) is 28.6 Å². The Labute approximate surface area is 153 Å². The molecular formula is C17H16N6O2S. The molecule has 26 heavy (non-hydrogen) atoms. The average molecular weight is 368 g/mol. The first kappa shape index (κ1) is 16.5. The maximum atomic E-state index is 12.0. The van der Waals surface area contributed by atoms with Crippen molar-refractivity contribution >= 4 is 45.6 Å². The number of amides is 1. The van der Waals surface area contributed by atoms with Crippen LogP contribution in [0.25, 0.3) is 22.1 Å². The number of hydrogen-bond donors (Lipinski definition) is 1. The molecule has 0 spiro atoms. The van der Waals surface area contributed by atoms with E-state index >= 15 is 0 Å². The summed E-state index contributed by atoms with van der Waals surface area (Å²) in [6, 6.07) is 9.68. The highest BCUT2D eigenvalue weighted by molar-refractivity contribution is 7.99. The molecule has 8 nitrogen and oxygen atoms in total. The van der Waals surface area contributed by atoms with Crippen LogP contribution in [0.5, 0.6) is 0 Å². The van der Waals surface area contributed by atoms with E-state index in [4.69, 9.17) is 4.52 Å².